The quantitative estimate of drug-likeness (QED) is 0.0177. The number of ether oxygens (including phenoxy) is 2. The number of quaternary nitrogens is 1. The summed E-state index contributed by atoms with van der Waals surface area (Å²) in [5.41, 5.74) is 0. The predicted molar refractivity (Wildman–Crippen MR) is 255 cm³/mol. The van der Waals surface area contributed by atoms with Gasteiger partial charge in [-0.1, -0.05) is 178 Å². The summed E-state index contributed by atoms with van der Waals surface area (Å²) in [7, 11) is 1.30. The summed E-state index contributed by atoms with van der Waals surface area (Å²) in [6, 6.07) is 0. The standard InChI is InChI=1S/C50H92NO10P/c1-6-8-10-12-14-16-18-20-21-22-23-24-25-26-28-30-32-34-36-40-49(54)58-44-46(45-60-62(56,57)59-43-42-51(3,4)5)61-50(55)41-37-39-48(53)47(52)38-35-33-31-29-27-19-17-15-13-11-9-7-2/h9,11,15,17,27,29,33,35,46-48,52-53H,6-8,10,12-14,16,18-26,28,30-32,34,36-45H2,1-5H3/p+1/b11-9-,17-15-,29-27-,35-33-/t46-,47-,48-/m1/s1. The molecule has 62 heavy (non-hydrogen) atoms. The minimum absolute atomic E-state index is 0.0212. The van der Waals surface area contributed by atoms with Crippen molar-refractivity contribution in [3.8, 4) is 0 Å². The molecule has 1 unspecified atom stereocenters. The lowest BCUT2D eigenvalue weighted by Gasteiger charge is -2.24. The number of phosphoric acid groups is 1. The first-order valence-electron chi connectivity index (χ1n) is 24.5. The molecule has 0 rings (SSSR count). The van der Waals surface area contributed by atoms with Crippen LogP contribution in [0.1, 0.15) is 194 Å². The van der Waals surface area contributed by atoms with Crippen LogP contribution in [0.25, 0.3) is 0 Å². The summed E-state index contributed by atoms with van der Waals surface area (Å²) in [4.78, 5) is 35.5. The predicted octanol–water partition coefficient (Wildman–Crippen LogP) is 12.2. The smallest absolute Gasteiger partial charge is 0.462 e. The second-order valence-electron chi connectivity index (χ2n) is 17.8. The van der Waals surface area contributed by atoms with Crippen LogP contribution >= 0.6 is 7.82 Å². The molecule has 0 aliphatic heterocycles. The Kier molecular flexibility index (Phi) is 40.2. The number of carbonyl (C=O) groups is 2. The Bertz CT molecular complexity index is 1230. The molecule has 0 bridgehead atoms. The average Bonchev–Trinajstić information content (AvgIpc) is 3.22. The number of likely N-dealkylation sites (N-methyl/N-ethyl adjacent to an activating group) is 1. The number of esters is 2. The third-order valence-corrected chi connectivity index (χ3v) is 11.6. The fourth-order valence-corrected chi connectivity index (χ4v) is 7.37. The molecule has 0 aliphatic rings. The van der Waals surface area contributed by atoms with Gasteiger partial charge in [-0.3, -0.25) is 18.6 Å². The third kappa shape index (κ3) is 43.2. The number of unbranched alkanes of at least 4 members (excludes halogenated alkanes) is 18. The van der Waals surface area contributed by atoms with Crippen molar-refractivity contribution < 1.29 is 52.3 Å². The van der Waals surface area contributed by atoms with Crippen molar-refractivity contribution in [2.24, 2.45) is 0 Å². The average molecular weight is 899 g/mol. The Morgan fingerprint density at radius 3 is 1.50 bits per heavy atom. The lowest BCUT2D eigenvalue weighted by Crippen LogP contribution is -2.37. The van der Waals surface area contributed by atoms with Gasteiger partial charge in [-0.2, -0.15) is 0 Å². The second-order valence-corrected chi connectivity index (χ2v) is 19.2. The molecular formula is C50H93NO10P+. The number of hydrogen-bond donors (Lipinski definition) is 3. The first-order valence-corrected chi connectivity index (χ1v) is 26.0. The van der Waals surface area contributed by atoms with E-state index in [1.165, 1.54) is 96.3 Å². The zero-order valence-corrected chi connectivity index (χ0v) is 41.0. The molecule has 0 saturated heterocycles. The number of aliphatic hydroxyl groups is 2. The molecule has 0 aliphatic carbocycles. The zero-order chi connectivity index (χ0) is 46.0. The molecule has 0 amide bonds. The highest BCUT2D eigenvalue weighted by molar-refractivity contribution is 7.47. The van der Waals surface area contributed by atoms with Crippen molar-refractivity contribution in [1.82, 2.24) is 0 Å². The molecule has 0 aromatic carbocycles. The van der Waals surface area contributed by atoms with Crippen LogP contribution in [0.5, 0.6) is 0 Å². The number of aliphatic hydroxyl groups excluding tert-OH is 2. The van der Waals surface area contributed by atoms with Gasteiger partial charge in [-0.15, -0.1) is 0 Å². The SMILES string of the molecule is CC/C=C\C/C=C\C/C=C\C/C=C\C[C@@H](O)[C@H](O)CCCC(=O)O[C@H](COC(=O)CCCCCCCCCCCCCCCCCCCCC)COP(=O)(O)OCC[N+](C)(C)C. The van der Waals surface area contributed by atoms with E-state index in [4.69, 9.17) is 18.5 Å². The molecule has 0 heterocycles. The first-order chi connectivity index (χ1) is 29.8. The van der Waals surface area contributed by atoms with Crippen LogP contribution in [0.4, 0.5) is 0 Å². The van der Waals surface area contributed by atoms with Gasteiger partial charge < -0.3 is 29.1 Å². The van der Waals surface area contributed by atoms with Crippen LogP contribution in [-0.2, 0) is 32.7 Å². The van der Waals surface area contributed by atoms with Crippen molar-refractivity contribution in [2.75, 3.05) is 47.5 Å². The van der Waals surface area contributed by atoms with Crippen molar-refractivity contribution in [1.29, 1.82) is 0 Å². The normalized spacial score (nSPS) is 14.9. The highest BCUT2D eigenvalue weighted by Crippen LogP contribution is 2.43. The summed E-state index contributed by atoms with van der Waals surface area (Å²) in [5.74, 6) is -1.08. The van der Waals surface area contributed by atoms with Crippen LogP contribution < -0.4 is 0 Å². The summed E-state index contributed by atoms with van der Waals surface area (Å²) >= 11 is 0. The molecule has 0 spiro atoms. The van der Waals surface area contributed by atoms with Crippen LogP contribution in [0.15, 0.2) is 48.6 Å². The van der Waals surface area contributed by atoms with Gasteiger partial charge in [0, 0.05) is 12.8 Å². The minimum Gasteiger partial charge on any atom is -0.462 e. The highest BCUT2D eigenvalue weighted by Gasteiger charge is 2.27. The Labute approximate surface area is 379 Å². The first kappa shape index (κ1) is 59.9. The molecule has 4 atom stereocenters. The number of phosphoric ester groups is 1. The van der Waals surface area contributed by atoms with E-state index in [1.54, 1.807) is 0 Å². The molecule has 362 valence electrons. The molecule has 0 aromatic heterocycles. The van der Waals surface area contributed by atoms with Crippen LogP contribution in [-0.4, -0.2) is 97.3 Å². The Morgan fingerprint density at radius 2 is 1.02 bits per heavy atom. The third-order valence-electron chi connectivity index (χ3n) is 10.6. The number of rotatable bonds is 44. The maximum atomic E-state index is 12.8. The molecule has 0 radical (unpaired) electrons. The van der Waals surface area contributed by atoms with Gasteiger partial charge in [0.1, 0.15) is 19.8 Å². The second kappa shape index (κ2) is 41.6. The van der Waals surface area contributed by atoms with E-state index in [-0.39, 0.29) is 45.3 Å². The Balaban J connectivity index is 4.49. The maximum Gasteiger partial charge on any atom is 0.472 e. The van der Waals surface area contributed by atoms with Crippen LogP contribution in [0.3, 0.4) is 0 Å². The fraction of sp³-hybridized carbons (Fsp3) is 0.800. The monoisotopic (exact) mass is 899 g/mol. The van der Waals surface area contributed by atoms with E-state index in [1.807, 2.05) is 33.3 Å². The van der Waals surface area contributed by atoms with E-state index < -0.39 is 44.7 Å². The summed E-state index contributed by atoms with van der Waals surface area (Å²) in [6.45, 7) is 3.99. The molecule has 11 nitrogen and oxygen atoms in total. The van der Waals surface area contributed by atoms with Crippen molar-refractivity contribution in [2.45, 2.75) is 212 Å². The topological polar surface area (TPSA) is 149 Å². The van der Waals surface area contributed by atoms with Gasteiger partial charge in [0.05, 0.1) is 40.0 Å². The number of nitrogens with zero attached hydrogens (tertiary/aromatic N) is 1. The largest absolute Gasteiger partial charge is 0.472 e. The molecule has 0 fully saturated rings. The number of hydrogen-bond acceptors (Lipinski definition) is 9. The Morgan fingerprint density at radius 1 is 0.565 bits per heavy atom. The van der Waals surface area contributed by atoms with E-state index >= 15 is 0 Å². The van der Waals surface area contributed by atoms with Crippen molar-refractivity contribution in [3.05, 3.63) is 48.6 Å². The van der Waals surface area contributed by atoms with Gasteiger partial charge in [0.15, 0.2) is 6.10 Å². The van der Waals surface area contributed by atoms with Gasteiger partial charge >= 0.3 is 19.8 Å². The summed E-state index contributed by atoms with van der Waals surface area (Å²) < 4.78 is 34.2. The van der Waals surface area contributed by atoms with Gasteiger partial charge in [0.2, 0.25) is 0 Å². The van der Waals surface area contributed by atoms with Gasteiger partial charge in [-0.05, 0) is 51.4 Å². The number of allylic oxidation sites excluding steroid dienone is 7. The highest BCUT2D eigenvalue weighted by atomic mass is 31.2. The van der Waals surface area contributed by atoms with E-state index in [0.717, 1.165) is 44.9 Å². The van der Waals surface area contributed by atoms with Crippen molar-refractivity contribution in [3.63, 3.8) is 0 Å². The van der Waals surface area contributed by atoms with Crippen LogP contribution in [0, 0.1) is 0 Å². The van der Waals surface area contributed by atoms with E-state index in [2.05, 4.69) is 50.3 Å². The molecule has 0 aromatic rings. The fourth-order valence-electron chi connectivity index (χ4n) is 6.63. The summed E-state index contributed by atoms with van der Waals surface area (Å²) in [5, 5.41) is 20.8. The molecule has 3 N–H and O–H groups in total. The molecular weight excluding hydrogens is 806 g/mol. The number of carbonyl (C=O) groups excluding carboxylic acids is 2. The minimum atomic E-state index is -4.46. The van der Waals surface area contributed by atoms with Gasteiger partial charge in [-0.25, -0.2) is 4.57 Å². The van der Waals surface area contributed by atoms with E-state index in [9.17, 15) is 29.3 Å². The van der Waals surface area contributed by atoms with E-state index in [0.29, 0.717) is 17.4 Å². The summed E-state index contributed by atoms with van der Waals surface area (Å²) in [6.07, 6.45) is 41.9. The lowest BCUT2D eigenvalue weighted by molar-refractivity contribution is -0.870. The zero-order valence-electron chi connectivity index (χ0n) is 40.1. The van der Waals surface area contributed by atoms with Gasteiger partial charge in [0.25, 0.3) is 0 Å². The molecule has 12 heteroatoms. The van der Waals surface area contributed by atoms with Crippen molar-refractivity contribution >= 4 is 19.8 Å². The van der Waals surface area contributed by atoms with Crippen LogP contribution in [0.2, 0.25) is 0 Å². The molecule has 0 saturated carbocycles. The lowest BCUT2D eigenvalue weighted by atomic mass is 10.0. The maximum absolute atomic E-state index is 12.8. The Hall–Kier alpha value is -2.11.